The molecule has 0 aromatic carbocycles. The van der Waals surface area contributed by atoms with Crippen LogP contribution in [0.2, 0.25) is 0 Å². The van der Waals surface area contributed by atoms with Gasteiger partial charge in [0.1, 0.15) is 12.4 Å². The van der Waals surface area contributed by atoms with Crippen molar-refractivity contribution in [3.05, 3.63) is 24.2 Å². The molecule has 128 valence electrons. The number of likely N-dealkylation sites (tertiary alicyclic amines) is 1. The van der Waals surface area contributed by atoms with Gasteiger partial charge in [-0.05, 0) is 25.0 Å². The van der Waals surface area contributed by atoms with Crippen LogP contribution in [-0.4, -0.2) is 67.8 Å². The summed E-state index contributed by atoms with van der Waals surface area (Å²) in [6.45, 7) is 3.61. The van der Waals surface area contributed by atoms with Crippen LogP contribution in [0.15, 0.2) is 22.8 Å². The second-order valence-electron chi connectivity index (χ2n) is 6.77. The number of nitrogens with zero attached hydrogens (tertiary/aromatic N) is 2. The molecule has 1 aromatic rings. The summed E-state index contributed by atoms with van der Waals surface area (Å²) in [5.74, 6) is 1.01. The number of hydrogen-bond donors (Lipinski definition) is 0. The minimum Gasteiger partial charge on any atom is -0.468 e. The zero-order valence-corrected chi connectivity index (χ0v) is 14.0. The number of piperidine rings is 1. The molecule has 6 heteroatoms. The quantitative estimate of drug-likeness (QED) is 0.822. The van der Waals surface area contributed by atoms with E-state index in [1.54, 1.807) is 25.3 Å². The molecule has 1 amide bonds. The fourth-order valence-corrected chi connectivity index (χ4v) is 3.32. The molecule has 6 nitrogen and oxygen atoms in total. The van der Waals surface area contributed by atoms with Gasteiger partial charge in [-0.1, -0.05) is 0 Å². The number of likely N-dealkylation sites (N-methyl/N-ethyl adjacent to an activating group) is 1. The third-order valence-corrected chi connectivity index (χ3v) is 4.84. The first-order valence-corrected chi connectivity index (χ1v) is 8.27. The molecule has 23 heavy (non-hydrogen) atoms. The molecular weight excluding hydrogens is 296 g/mol. The van der Waals surface area contributed by atoms with Crippen molar-refractivity contribution in [2.45, 2.75) is 37.5 Å². The van der Waals surface area contributed by atoms with Crippen LogP contribution in [0.3, 0.4) is 0 Å². The van der Waals surface area contributed by atoms with Gasteiger partial charge in [0.15, 0.2) is 0 Å². The van der Waals surface area contributed by atoms with Gasteiger partial charge in [0.2, 0.25) is 5.91 Å². The highest BCUT2D eigenvalue weighted by Gasteiger charge is 2.43. The maximum absolute atomic E-state index is 11.6. The van der Waals surface area contributed by atoms with Crippen molar-refractivity contribution >= 4 is 5.91 Å². The fourth-order valence-electron chi connectivity index (χ4n) is 3.32. The van der Waals surface area contributed by atoms with E-state index < -0.39 is 0 Å². The first kappa shape index (κ1) is 16.5. The summed E-state index contributed by atoms with van der Waals surface area (Å²) in [4.78, 5) is 15.6. The average molecular weight is 322 g/mol. The first-order valence-electron chi connectivity index (χ1n) is 8.27. The largest absolute Gasteiger partial charge is 0.468 e. The van der Waals surface area contributed by atoms with Crippen molar-refractivity contribution in [1.82, 2.24) is 9.80 Å². The highest BCUT2D eigenvalue weighted by molar-refractivity contribution is 5.76. The summed E-state index contributed by atoms with van der Waals surface area (Å²) in [6.07, 6.45) is 4.67. The van der Waals surface area contributed by atoms with E-state index in [1.807, 2.05) is 12.1 Å². The Bertz CT molecular complexity index is 507. The standard InChI is InChI=1S/C17H26N2O4/c1-18(2)16(20)13-22-15-10-17(23-12-15)5-7-19(8-6-17)11-14-4-3-9-21-14/h3-4,9,15H,5-8,10-13H2,1-2H3/t15-/m0/s1. The molecule has 0 aliphatic carbocycles. The van der Waals surface area contributed by atoms with Gasteiger partial charge in [0.05, 0.1) is 31.1 Å². The lowest BCUT2D eigenvalue weighted by atomic mass is 9.88. The predicted octanol–water partition coefficient (Wildman–Crippen LogP) is 1.51. The van der Waals surface area contributed by atoms with Crippen LogP contribution >= 0.6 is 0 Å². The van der Waals surface area contributed by atoms with Gasteiger partial charge < -0.3 is 18.8 Å². The Kier molecular flexibility index (Phi) is 5.04. The molecule has 2 aliphatic heterocycles. The van der Waals surface area contributed by atoms with Gasteiger partial charge in [0.25, 0.3) is 0 Å². The molecule has 1 aromatic heterocycles. The molecule has 0 unspecified atom stereocenters. The van der Waals surface area contributed by atoms with Crippen molar-refractivity contribution in [2.75, 3.05) is 40.4 Å². The Hall–Kier alpha value is -1.37. The monoisotopic (exact) mass is 322 g/mol. The van der Waals surface area contributed by atoms with E-state index in [-0.39, 0.29) is 24.2 Å². The van der Waals surface area contributed by atoms with E-state index in [1.165, 1.54) is 0 Å². The average Bonchev–Trinajstić information content (AvgIpc) is 3.18. The van der Waals surface area contributed by atoms with Crippen molar-refractivity contribution in [3.63, 3.8) is 0 Å². The van der Waals surface area contributed by atoms with Crippen LogP contribution < -0.4 is 0 Å². The molecule has 2 aliphatic rings. The third kappa shape index (κ3) is 4.13. The zero-order chi connectivity index (χ0) is 16.3. The Morgan fingerprint density at radius 1 is 1.43 bits per heavy atom. The second kappa shape index (κ2) is 7.03. The lowest BCUT2D eigenvalue weighted by molar-refractivity contribution is -0.135. The first-order chi connectivity index (χ1) is 11.1. The molecule has 0 bridgehead atoms. The van der Waals surface area contributed by atoms with Crippen LogP contribution in [0.1, 0.15) is 25.0 Å². The number of rotatable bonds is 5. The van der Waals surface area contributed by atoms with Crippen LogP contribution in [-0.2, 0) is 20.8 Å². The van der Waals surface area contributed by atoms with Gasteiger partial charge in [-0.15, -0.1) is 0 Å². The summed E-state index contributed by atoms with van der Waals surface area (Å²) in [6, 6.07) is 3.94. The lowest BCUT2D eigenvalue weighted by Gasteiger charge is -2.38. The molecule has 1 atom stereocenters. The molecular formula is C17H26N2O4. The Morgan fingerprint density at radius 3 is 2.87 bits per heavy atom. The molecule has 3 rings (SSSR count). The molecule has 0 saturated carbocycles. The van der Waals surface area contributed by atoms with Crippen molar-refractivity contribution < 1.29 is 18.7 Å². The third-order valence-electron chi connectivity index (χ3n) is 4.84. The zero-order valence-electron chi connectivity index (χ0n) is 14.0. The Labute approximate surface area is 137 Å². The minimum atomic E-state index is -0.0640. The second-order valence-corrected chi connectivity index (χ2v) is 6.77. The van der Waals surface area contributed by atoms with Gasteiger partial charge in [-0.25, -0.2) is 0 Å². The summed E-state index contributed by atoms with van der Waals surface area (Å²) in [7, 11) is 3.49. The maximum atomic E-state index is 11.6. The Balaban J connectivity index is 1.43. The predicted molar refractivity (Wildman–Crippen MR) is 85.0 cm³/mol. The smallest absolute Gasteiger partial charge is 0.248 e. The van der Waals surface area contributed by atoms with Gasteiger partial charge in [0, 0.05) is 33.6 Å². The Morgan fingerprint density at radius 2 is 2.22 bits per heavy atom. The molecule has 2 fully saturated rings. The normalized spacial score (nSPS) is 24.2. The highest BCUT2D eigenvalue weighted by Crippen LogP contribution is 2.37. The number of ether oxygens (including phenoxy) is 2. The number of carbonyl (C=O) groups excluding carboxylic acids is 1. The van der Waals surface area contributed by atoms with Crippen LogP contribution in [0.25, 0.3) is 0 Å². The van der Waals surface area contributed by atoms with Crippen molar-refractivity contribution in [1.29, 1.82) is 0 Å². The van der Waals surface area contributed by atoms with E-state index in [9.17, 15) is 4.79 Å². The molecule has 3 heterocycles. The summed E-state index contributed by atoms with van der Waals surface area (Å²) >= 11 is 0. The van der Waals surface area contributed by atoms with Crippen molar-refractivity contribution in [3.8, 4) is 0 Å². The molecule has 1 spiro atoms. The number of amides is 1. The topological polar surface area (TPSA) is 55.2 Å². The number of hydrogen-bond acceptors (Lipinski definition) is 5. The fraction of sp³-hybridized carbons (Fsp3) is 0.706. The van der Waals surface area contributed by atoms with Crippen molar-refractivity contribution in [2.24, 2.45) is 0 Å². The molecule has 2 saturated heterocycles. The maximum Gasteiger partial charge on any atom is 0.248 e. The number of carbonyl (C=O) groups is 1. The van der Waals surface area contributed by atoms with Crippen LogP contribution in [0, 0.1) is 0 Å². The van der Waals surface area contributed by atoms with Gasteiger partial charge in [-0.2, -0.15) is 0 Å². The van der Waals surface area contributed by atoms with E-state index in [4.69, 9.17) is 13.9 Å². The summed E-state index contributed by atoms with van der Waals surface area (Å²) < 4.78 is 17.2. The van der Waals surface area contributed by atoms with E-state index in [2.05, 4.69) is 4.90 Å². The lowest BCUT2D eigenvalue weighted by Crippen LogP contribution is -2.44. The van der Waals surface area contributed by atoms with Gasteiger partial charge >= 0.3 is 0 Å². The SMILES string of the molecule is CN(C)C(=O)CO[C@@H]1COC2(CCN(Cc3ccco3)CC2)C1. The van der Waals surface area contributed by atoms with Crippen LogP contribution in [0.4, 0.5) is 0 Å². The number of furan rings is 1. The van der Waals surface area contributed by atoms with E-state index in [0.29, 0.717) is 6.61 Å². The molecule has 0 N–H and O–H groups in total. The minimum absolute atomic E-state index is 0.000725. The van der Waals surface area contributed by atoms with Crippen LogP contribution in [0.5, 0.6) is 0 Å². The van der Waals surface area contributed by atoms with E-state index >= 15 is 0 Å². The summed E-state index contributed by atoms with van der Waals surface area (Å²) in [5, 5.41) is 0. The van der Waals surface area contributed by atoms with Gasteiger partial charge in [-0.3, -0.25) is 9.69 Å². The summed E-state index contributed by atoms with van der Waals surface area (Å²) in [5.41, 5.74) is -0.0640. The highest BCUT2D eigenvalue weighted by atomic mass is 16.6. The molecule has 0 radical (unpaired) electrons. The van der Waals surface area contributed by atoms with E-state index in [0.717, 1.165) is 44.7 Å².